The van der Waals surface area contributed by atoms with Gasteiger partial charge in [-0.1, -0.05) is 30.3 Å². The van der Waals surface area contributed by atoms with Crippen molar-refractivity contribution < 1.29 is 4.74 Å². The lowest BCUT2D eigenvalue weighted by molar-refractivity contribution is 0.322. The average molecular weight is 268 g/mol. The molecular weight excluding hydrogens is 248 g/mol. The number of ether oxygens (including phenoxy) is 1. The molecule has 1 aliphatic rings. The van der Waals surface area contributed by atoms with Crippen LogP contribution in [0.4, 0.5) is 0 Å². The van der Waals surface area contributed by atoms with Crippen LogP contribution in [0.5, 0.6) is 5.75 Å². The van der Waals surface area contributed by atoms with Gasteiger partial charge in [-0.3, -0.25) is 9.88 Å². The second-order valence-electron chi connectivity index (χ2n) is 5.32. The molecule has 1 aliphatic heterocycles. The molecule has 0 amide bonds. The normalized spacial score (nSPS) is 19.1. The summed E-state index contributed by atoms with van der Waals surface area (Å²) in [5.41, 5.74) is 2.57. The minimum atomic E-state index is 0.662. The predicted molar refractivity (Wildman–Crippen MR) is 79.9 cm³/mol. The number of methoxy groups -OCH3 is 1. The molecule has 0 saturated carbocycles. The van der Waals surface area contributed by atoms with Gasteiger partial charge in [0.1, 0.15) is 5.75 Å². The first-order valence-corrected chi connectivity index (χ1v) is 7.11. The summed E-state index contributed by atoms with van der Waals surface area (Å²) in [4.78, 5) is 6.92. The topological polar surface area (TPSA) is 25.4 Å². The molecule has 0 aliphatic carbocycles. The molecule has 2 heterocycles. The Balaban J connectivity index is 1.60. The van der Waals surface area contributed by atoms with Gasteiger partial charge in [-0.2, -0.15) is 0 Å². The lowest BCUT2D eigenvalue weighted by atomic mass is 9.99. The third-order valence-corrected chi connectivity index (χ3v) is 3.96. The Morgan fingerprint density at radius 1 is 1.20 bits per heavy atom. The molecule has 3 heteroatoms. The number of benzene rings is 1. The molecule has 0 radical (unpaired) electrons. The molecule has 1 fully saturated rings. The zero-order valence-corrected chi connectivity index (χ0v) is 11.8. The van der Waals surface area contributed by atoms with Gasteiger partial charge in [0.25, 0.3) is 0 Å². The Labute approximate surface area is 120 Å². The quantitative estimate of drug-likeness (QED) is 0.852. The van der Waals surface area contributed by atoms with Crippen LogP contribution in [0.2, 0.25) is 0 Å². The summed E-state index contributed by atoms with van der Waals surface area (Å²) in [5.74, 6) is 1.48. The first-order chi connectivity index (χ1) is 9.85. The van der Waals surface area contributed by atoms with Gasteiger partial charge in [0.2, 0.25) is 0 Å². The second kappa shape index (κ2) is 6.06. The lowest BCUT2D eigenvalue weighted by Gasteiger charge is -2.15. The Hall–Kier alpha value is -1.87. The van der Waals surface area contributed by atoms with E-state index in [0.717, 1.165) is 31.1 Å². The van der Waals surface area contributed by atoms with Gasteiger partial charge < -0.3 is 4.74 Å². The van der Waals surface area contributed by atoms with E-state index in [1.807, 2.05) is 6.07 Å². The van der Waals surface area contributed by atoms with Gasteiger partial charge in [0.05, 0.1) is 19.0 Å². The summed E-state index contributed by atoms with van der Waals surface area (Å²) >= 11 is 0. The van der Waals surface area contributed by atoms with Crippen molar-refractivity contribution in [1.82, 2.24) is 9.88 Å². The van der Waals surface area contributed by atoms with E-state index in [-0.39, 0.29) is 0 Å². The first kappa shape index (κ1) is 13.1. The molecule has 1 aromatic carbocycles. The minimum Gasteiger partial charge on any atom is -0.495 e. The summed E-state index contributed by atoms with van der Waals surface area (Å²) in [5, 5.41) is 0. The van der Waals surface area contributed by atoms with E-state index in [4.69, 9.17) is 4.74 Å². The molecule has 0 spiro atoms. The summed E-state index contributed by atoms with van der Waals surface area (Å²) in [6.45, 7) is 3.19. The predicted octanol–water partition coefficient (Wildman–Crippen LogP) is 3.08. The second-order valence-corrected chi connectivity index (χ2v) is 5.32. The Bertz CT molecular complexity index is 539. The first-order valence-electron chi connectivity index (χ1n) is 7.11. The summed E-state index contributed by atoms with van der Waals surface area (Å²) in [7, 11) is 1.67. The van der Waals surface area contributed by atoms with Crippen molar-refractivity contribution in [3.05, 3.63) is 59.9 Å². The number of pyridine rings is 1. The monoisotopic (exact) mass is 268 g/mol. The largest absolute Gasteiger partial charge is 0.495 e. The molecule has 0 bridgehead atoms. The van der Waals surface area contributed by atoms with Crippen molar-refractivity contribution in [3.8, 4) is 5.75 Å². The van der Waals surface area contributed by atoms with E-state index < -0.39 is 0 Å². The van der Waals surface area contributed by atoms with Crippen LogP contribution in [-0.4, -0.2) is 30.1 Å². The molecule has 3 nitrogen and oxygen atoms in total. The Morgan fingerprint density at radius 2 is 2.05 bits per heavy atom. The maximum absolute atomic E-state index is 5.14. The maximum atomic E-state index is 5.14. The van der Waals surface area contributed by atoms with E-state index in [1.165, 1.54) is 12.0 Å². The molecule has 1 atom stereocenters. The van der Waals surface area contributed by atoms with Crippen LogP contribution in [0.1, 0.15) is 23.6 Å². The number of hydrogen-bond acceptors (Lipinski definition) is 3. The molecule has 104 valence electrons. The van der Waals surface area contributed by atoms with Crippen molar-refractivity contribution in [2.45, 2.75) is 18.9 Å². The van der Waals surface area contributed by atoms with E-state index >= 15 is 0 Å². The van der Waals surface area contributed by atoms with E-state index in [1.54, 1.807) is 13.3 Å². The van der Waals surface area contributed by atoms with E-state index in [0.29, 0.717) is 5.92 Å². The van der Waals surface area contributed by atoms with Crippen molar-refractivity contribution >= 4 is 0 Å². The number of aromatic nitrogens is 1. The smallest absolute Gasteiger partial charge is 0.137 e. The van der Waals surface area contributed by atoms with Crippen LogP contribution in [0.25, 0.3) is 0 Å². The highest BCUT2D eigenvalue weighted by Crippen LogP contribution is 2.27. The fourth-order valence-corrected chi connectivity index (χ4v) is 2.83. The molecular formula is C17H20N2O. The zero-order chi connectivity index (χ0) is 13.8. The average Bonchev–Trinajstić information content (AvgIpc) is 2.97. The van der Waals surface area contributed by atoms with Gasteiger partial charge in [0.15, 0.2) is 0 Å². The number of rotatable bonds is 4. The van der Waals surface area contributed by atoms with E-state index in [2.05, 4.69) is 46.3 Å². The Morgan fingerprint density at radius 3 is 2.75 bits per heavy atom. The highest BCUT2D eigenvalue weighted by Gasteiger charge is 2.23. The van der Waals surface area contributed by atoms with Crippen LogP contribution >= 0.6 is 0 Å². The third-order valence-electron chi connectivity index (χ3n) is 3.96. The van der Waals surface area contributed by atoms with Crippen LogP contribution < -0.4 is 4.74 Å². The maximum Gasteiger partial charge on any atom is 0.137 e. The standard InChI is InChI=1S/C17H20N2O/c1-20-17-8-7-16(18-11-17)13-19-10-9-15(12-19)14-5-3-2-4-6-14/h2-8,11,15H,9-10,12-13H2,1H3/t15-/m0/s1. The number of nitrogens with zero attached hydrogens (tertiary/aromatic N) is 2. The molecule has 1 saturated heterocycles. The number of likely N-dealkylation sites (tertiary alicyclic amines) is 1. The zero-order valence-electron chi connectivity index (χ0n) is 11.8. The summed E-state index contributed by atoms with van der Waals surface area (Å²) in [6, 6.07) is 14.8. The van der Waals surface area contributed by atoms with Crippen molar-refractivity contribution in [3.63, 3.8) is 0 Å². The molecule has 3 rings (SSSR count). The lowest BCUT2D eigenvalue weighted by Crippen LogP contribution is -2.20. The summed E-state index contributed by atoms with van der Waals surface area (Å²) < 4.78 is 5.14. The highest BCUT2D eigenvalue weighted by molar-refractivity contribution is 5.22. The van der Waals surface area contributed by atoms with Crippen LogP contribution in [0.15, 0.2) is 48.7 Å². The van der Waals surface area contributed by atoms with Gasteiger partial charge >= 0.3 is 0 Å². The van der Waals surface area contributed by atoms with Crippen LogP contribution in [0.3, 0.4) is 0 Å². The SMILES string of the molecule is COc1ccc(CN2CC[C@H](c3ccccc3)C2)nc1. The molecule has 1 aromatic heterocycles. The molecule has 2 aromatic rings. The minimum absolute atomic E-state index is 0.662. The fraction of sp³-hybridized carbons (Fsp3) is 0.353. The third kappa shape index (κ3) is 2.99. The molecule has 0 unspecified atom stereocenters. The Kier molecular flexibility index (Phi) is 3.97. The molecule has 20 heavy (non-hydrogen) atoms. The van der Waals surface area contributed by atoms with E-state index in [9.17, 15) is 0 Å². The highest BCUT2D eigenvalue weighted by atomic mass is 16.5. The van der Waals surface area contributed by atoms with Crippen molar-refractivity contribution in [1.29, 1.82) is 0 Å². The van der Waals surface area contributed by atoms with Crippen molar-refractivity contribution in [2.75, 3.05) is 20.2 Å². The number of hydrogen-bond donors (Lipinski definition) is 0. The summed E-state index contributed by atoms with van der Waals surface area (Å²) in [6.07, 6.45) is 3.03. The van der Waals surface area contributed by atoms with Crippen LogP contribution in [-0.2, 0) is 6.54 Å². The van der Waals surface area contributed by atoms with Gasteiger partial charge in [-0.25, -0.2) is 0 Å². The molecule has 0 N–H and O–H groups in total. The van der Waals surface area contributed by atoms with Crippen molar-refractivity contribution in [2.24, 2.45) is 0 Å². The van der Waals surface area contributed by atoms with Gasteiger partial charge in [-0.05, 0) is 36.6 Å². The van der Waals surface area contributed by atoms with Gasteiger partial charge in [0, 0.05) is 13.1 Å². The van der Waals surface area contributed by atoms with Gasteiger partial charge in [-0.15, -0.1) is 0 Å². The fourth-order valence-electron chi connectivity index (χ4n) is 2.83. The van der Waals surface area contributed by atoms with Crippen LogP contribution in [0, 0.1) is 0 Å².